The lowest BCUT2D eigenvalue weighted by Crippen LogP contribution is -2.58. The van der Waals surface area contributed by atoms with Crippen LogP contribution in [0.5, 0.6) is 0 Å². The van der Waals surface area contributed by atoms with E-state index in [1.807, 2.05) is 13.0 Å². The van der Waals surface area contributed by atoms with Gasteiger partial charge in [0, 0.05) is 30.9 Å². The normalized spacial score (nSPS) is 24.4. The molecule has 1 heterocycles. The molecule has 100 valence electrons. The molecule has 1 unspecified atom stereocenters. The standard InChI is InChI=1S/C14H20BrFN2/c1-4-14(3)9-18(6-5-17-14)13-8-11(15)12(16)7-10(13)2/h7-8,17H,4-6,9H2,1-3H3. The Morgan fingerprint density at radius 1 is 1.50 bits per heavy atom. The number of nitrogens with one attached hydrogen (secondary N) is 1. The summed E-state index contributed by atoms with van der Waals surface area (Å²) in [5, 5.41) is 3.56. The van der Waals surface area contributed by atoms with Crippen LogP contribution >= 0.6 is 15.9 Å². The Bertz CT molecular complexity index is 450. The minimum absolute atomic E-state index is 0.144. The maximum Gasteiger partial charge on any atom is 0.137 e. The summed E-state index contributed by atoms with van der Waals surface area (Å²) in [5.74, 6) is -0.190. The van der Waals surface area contributed by atoms with Crippen molar-refractivity contribution in [2.75, 3.05) is 24.5 Å². The van der Waals surface area contributed by atoms with Gasteiger partial charge in [-0.25, -0.2) is 4.39 Å². The highest BCUT2D eigenvalue weighted by Gasteiger charge is 2.29. The van der Waals surface area contributed by atoms with Gasteiger partial charge < -0.3 is 10.2 Å². The van der Waals surface area contributed by atoms with E-state index in [1.54, 1.807) is 6.07 Å². The predicted molar refractivity (Wildman–Crippen MR) is 77.7 cm³/mol. The average Bonchev–Trinajstić information content (AvgIpc) is 2.34. The van der Waals surface area contributed by atoms with Gasteiger partial charge >= 0.3 is 0 Å². The summed E-state index contributed by atoms with van der Waals surface area (Å²) < 4.78 is 14.0. The molecule has 1 N–H and O–H groups in total. The zero-order valence-corrected chi connectivity index (χ0v) is 12.8. The van der Waals surface area contributed by atoms with E-state index in [4.69, 9.17) is 0 Å². The Morgan fingerprint density at radius 3 is 2.89 bits per heavy atom. The molecule has 1 aliphatic rings. The lowest BCUT2D eigenvalue weighted by atomic mass is 9.95. The molecule has 1 fully saturated rings. The van der Waals surface area contributed by atoms with Crippen LogP contribution in [0.1, 0.15) is 25.8 Å². The first-order valence-corrected chi connectivity index (χ1v) is 7.20. The molecule has 0 saturated carbocycles. The van der Waals surface area contributed by atoms with Crippen molar-refractivity contribution < 1.29 is 4.39 Å². The fraction of sp³-hybridized carbons (Fsp3) is 0.571. The van der Waals surface area contributed by atoms with Crippen molar-refractivity contribution in [1.29, 1.82) is 0 Å². The van der Waals surface area contributed by atoms with Crippen molar-refractivity contribution in [2.24, 2.45) is 0 Å². The summed E-state index contributed by atoms with van der Waals surface area (Å²) in [7, 11) is 0. The third kappa shape index (κ3) is 2.69. The Morgan fingerprint density at radius 2 is 2.22 bits per heavy atom. The second kappa shape index (κ2) is 5.17. The van der Waals surface area contributed by atoms with Crippen LogP contribution in [0.25, 0.3) is 0 Å². The van der Waals surface area contributed by atoms with Gasteiger partial charge in [0.15, 0.2) is 0 Å². The maximum atomic E-state index is 13.5. The Labute approximate surface area is 117 Å². The maximum absolute atomic E-state index is 13.5. The highest BCUT2D eigenvalue weighted by molar-refractivity contribution is 9.10. The van der Waals surface area contributed by atoms with Gasteiger partial charge in [-0.15, -0.1) is 0 Å². The number of benzene rings is 1. The highest BCUT2D eigenvalue weighted by Crippen LogP contribution is 2.29. The summed E-state index contributed by atoms with van der Waals surface area (Å²) >= 11 is 3.28. The van der Waals surface area contributed by atoms with Crippen molar-refractivity contribution in [1.82, 2.24) is 5.32 Å². The van der Waals surface area contributed by atoms with Crippen molar-refractivity contribution >= 4 is 21.6 Å². The van der Waals surface area contributed by atoms with Gasteiger partial charge in [-0.2, -0.15) is 0 Å². The molecule has 1 aromatic carbocycles. The summed E-state index contributed by atoms with van der Waals surface area (Å²) in [6, 6.07) is 3.50. The summed E-state index contributed by atoms with van der Waals surface area (Å²) in [6.07, 6.45) is 1.09. The highest BCUT2D eigenvalue weighted by atomic mass is 79.9. The van der Waals surface area contributed by atoms with Crippen LogP contribution in [0.4, 0.5) is 10.1 Å². The molecule has 0 radical (unpaired) electrons. The molecule has 0 aromatic heterocycles. The molecule has 1 aliphatic heterocycles. The van der Waals surface area contributed by atoms with Crippen LogP contribution < -0.4 is 10.2 Å². The number of anilines is 1. The van der Waals surface area contributed by atoms with Crippen molar-refractivity contribution in [3.63, 3.8) is 0 Å². The van der Waals surface area contributed by atoms with E-state index < -0.39 is 0 Å². The van der Waals surface area contributed by atoms with Gasteiger partial charge in [0.1, 0.15) is 5.82 Å². The zero-order valence-electron chi connectivity index (χ0n) is 11.2. The Balaban J connectivity index is 2.29. The largest absolute Gasteiger partial charge is 0.368 e. The fourth-order valence-electron chi connectivity index (χ4n) is 2.47. The molecule has 0 spiro atoms. The molecule has 0 aliphatic carbocycles. The Hall–Kier alpha value is -0.610. The molecule has 18 heavy (non-hydrogen) atoms. The quantitative estimate of drug-likeness (QED) is 0.899. The fourth-order valence-corrected chi connectivity index (χ4v) is 2.80. The topological polar surface area (TPSA) is 15.3 Å². The minimum atomic E-state index is -0.190. The summed E-state index contributed by atoms with van der Waals surface area (Å²) in [6.45, 7) is 9.31. The molecule has 2 nitrogen and oxygen atoms in total. The first kappa shape index (κ1) is 13.8. The summed E-state index contributed by atoms with van der Waals surface area (Å²) in [4.78, 5) is 2.35. The number of hydrogen-bond acceptors (Lipinski definition) is 2. The molecule has 1 saturated heterocycles. The van der Waals surface area contributed by atoms with Gasteiger partial charge in [0.05, 0.1) is 4.47 Å². The summed E-state index contributed by atoms with van der Waals surface area (Å²) in [5.41, 5.74) is 2.27. The predicted octanol–water partition coefficient (Wildman–Crippen LogP) is 3.47. The van der Waals surface area contributed by atoms with Crippen LogP contribution in [-0.2, 0) is 0 Å². The average molecular weight is 315 g/mol. The molecular formula is C14H20BrFN2. The molecule has 2 rings (SSSR count). The van der Waals surface area contributed by atoms with Crippen LogP contribution in [0, 0.1) is 12.7 Å². The minimum Gasteiger partial charge on any atom is -0.368 e. The number of aryl methyl sites for hydroxylation is 1. The number of rotatable bonds is 2. The van der Waals surface area contributed by atoms with E-state index in [9.17, 15) is 4.39 Å². The van der Waals surface area contributed by atoms with Crippen LogP contribution in [-0.4, -0.2) is 25.2 Å². The van der Waals surface area contributed by atoms with Gasteiger partial charge in [-0.05, 0) is 53.9 Å². The third-order valence-electron chi connectivity index (χ3n) is 3.83. The number of hydrogen-bond donors (Lipinski definition) is 1. The van der Waals surface area contributed by atoms with Crippen LogP contribution in [0.2, 0.25) is 0 Å². The van der Waals surface area contributed by atoms with Crippen LogP contribution in [0.3, 0.4) is 0 Å². The van der Waals surface area contributed by atoms with Gasteiger partial charge in [-0.3, -0.25) is 0 Å². The SMILES string of the molecule is CCC1(C)CN(c2cc(Br)c(F)cc2C)CCN1. The van der Waals surface area contributed by atoms with E-state index in [0.29, 0.717) is 4.47 Å². The van der Waals surface area contributed by atoms with Crippen molar-refractivity contribution in [3.05, 3.63) is 28.0 Å². The number of halogens is 2. The second-order valence-corrected chi connectivity index (χ2v) is 6.17. The first-order chi connectivity index (χ1) is 8.45. The first-order valence-electron chi connectivity index (χ1n) is 6.41. The zero-order chi connectivity index (χ0) is 13.3. The smallest absolute Gasteiger partial charge is 0.137 e. The molecule has 1 atom stereocenters. The number of piperazine rings is 1. The second-order valence-electron chi connectivity index (χ2n) is 5.32. The van der Waals surface area contributed by atoms with Gasteiger partial charge in [0.2, 0.25) is 0 Å². The van der Waals surface area contributed by atoms with Crippen molar-refractivity contribution in [3.8, 4) is 0 Å². The van der Waals surface area contributed by atoms with E-state index >= 15 is 0 Å². The molecule has 1 aromatic rings. The molecule has 0 bridgehead atoms. The third-order valence-corrected chi connectivity index (χ3v) is 4.44. The van der Waals surface area contributed by atoms with Gasteiger partial charge in [0.25, 0.3) is 0 Å². The Kier molecular flexibility index (Phi) is 3.97. The van der Waals surface area contributed by atoms with Crippen molar-refractivity contribution in [2.45, 2.75) is 32.7 Å². The lowest BCUT2D eigenvalue weighted by Gasteiger charge is -2.42. The monoisotopic (exact) mass is 314 g/mol. The lowest BCUT2D eigenvalue weighted by molar-refractivity contribution is 0.314. The molecular weight excluding hydrogens is 295 g/mol. The molecule has 4 heteroatoms. The van der Waals surface area contributed by atoms with E-state index in [1.165, 1.54) is 0 Å². The van der Waals surface area contributed by atoms with E-state index in [2.05, 4.69) is 40.0 Å². The van der Waals surface area contributed by atoms with Gasteiger partial charge in [-0.1, -0.05) is 6.92 Å². The van der Waals surface area contributed by atoms with E-state index in [-0.39, 0.29) is 11.4 Å². The molecule has 0 amide bonds. The van der Waals surface area contributed by atoms with Crippen LogP contribution in [0.15, 0.2) is 16.6 Å². The van der Waals surface area contributed by atoms with E-state index in [0.717, 1.165) is 37.3 Å². The number of nitrogens with zero attached hydrogens (tertiary/aromatic N) is 1.